The van der Waals surface area contributed by atoms with Crippen LogP contribution in [0.15, 0.2) is 59.0 Å². The van der Waals surface area contributed by atoms with Crippen LogP contribution in [0.4, 0.5) is 0 Å². The van der Waals surface area contributed by atoms with Gasteiger partial charge < -0.3 is 4.42 Å². The highest BCUT2D eigenvalue weighted by Gasteiger charge is 2.29. The maximum Gasteiger partial charge on any atom is 0.134 e. The van der Waals surface area contributed by atoms with Crippen molar-refractivity contribution in [2.24, 2.45) is 0 Å². The molecule has 2 aromatic carbocycles. The van der Waals surface area contributed by atoms with Gasteiger partial charge in [-0.3, -0.25) is 0 Å². The van der Waals surface area contributed by atoms with E-state index in [0.717, 1.165) is 23.2 Å². The lowest BCUT2D eigenvalue weighted by molar-refractivity contribution is 0.455. The van der Waals surface area contributed by atoms with E-state index in [9.17, 15) is 0 Å². The van der Waals surface area contributed by atoms with Crippen molar-refractivity contribution in [1.82, 2.24) is 10.9 Å². The van der Waals surface area contributed by atoms with Crippen molar-refractivity contribution < 1.29 is 4.42 Å². The smallest absolute Gasteiger partial charge is 0.134 e. The largest absolute Gasteiger partial charge is 0.459 e. The first-order valence-electron chi connectivity index (χ1n) is 7.36. The minimum Gasteiger partial charge on any atom is -0.459 e. The van der Waals surface area contributed by atoms with Gasteiger partial charge in [0, 0.05) is 11.4 Å². The van der Waals surface area contributed by atoms with Crippen molar-refractivity contribution in [2.75, 3.05) is 0 Å². The predicted molar refractivity (Wildman–Crippen MR) is 83.8 cm³/mol. The first-order chi connectivity index (χ1) is 10.3. The van der Waals surface area contributed by atoms with E-state index in [2.05, 4.69) is 54.2 Å². The van der Waals surface area contributed by atoms with E-state index in [1.807, 2.05) is 18.2 Å². The minimum atomic E-state index is 0.210. The molecule has 1 fully saturated rings. The first kappa shape index (κ1) is 12.6. The van der Waals surface area contributed by atoms with Gasteiger partial charge in [-0.15, -0.1) is 0 Å². The van der Waals surface area contributed by atoms with Crippen LogP contribution in [0.5, 0.6) is 0 Å². The van der Waals surface area contributed by atoms with Crippen molar-refractivity contribution >= 4 is 11.0 Å². The molecule has 1 saturated heterocycles. The van der Waals surface area contributed by atoms with Crippen LogP contribution in [0.1, 0.15) is 35.4 Å². The number of hydrogen-bond donors (Lipinski definition) is 2. The molecule has 0 saturated carbocycles. The van der Waals surface area contributed by atoms with Crippen LogP contribution in [0, 0.1) is 6.92 Å². The molecule has 1 aliphatic rings. The molecule has 2 unspecified atom stereocenters. The summed E-state index contributed by atoms with van der Waals surface area (Å²) < 4.78 is 5.96. The maximum absolute atomic E-state index is 5.96. The molecule has 21 heavy (non-hydrogen) atoms. The molecule has 2 atom stereocenters. The third kappa shape index (κ3) is 2.24. The van der Waals surface area contributed by atoms with Crippen LogP contribution in [-0.2, 0) is 0 Å². The number of rotatable bonds is 2. The lowest BCUT2D eigenvalue weighted by atomic mass is 9.97. The summed E-state index contributed by atoms with van der Waals surface area (Å²) in [5.41, 5.74) is 10.4. The van der Waals surface area contributed by atoms with Crippen LogP contribution >= 0.6 is 0 Å². The molecule has 1 aromatic heterocycles. The number of hydrogen-bond acceptors (Lipinski definition) is 3. The zero-order valence-corrected chi connectivity index (χ0v) is 12.0. The van der Waals surface area contributed by atoms with Gasteiger partial charge >= 0.3 is 0 Å². The Labute approximate surface area is 123 Å². The molecule has 2 N–H and O–H groups in total. The van der Waals surface area contributed by atoms with E-state index in [4.69, 9.17) is 4.42 Å². The zero-order chi connectivity index (χ0) is 14.2. The van der Waals surface area contributed by atoms with Gasteiger partial charge in [0.15, 0.2) is 0 Å². The summed E-state index contributed by atoms with van der Waals surface area (Å²) in [7, 11) is 0. The van der Waals surface area contributed by atoms with Gasteiger partial charge in [0.25, 0.3) is 0 Å². The average Bonchev–Trinajstić information content (AvgIpc) is 3.14. The van der Waals surface area contributed by atoms with Crippen LogP contribution in [0.25, 0.3) is 11.0 Å². The molecule has 3 nitrogen and oxygen atoms in total. The summed E-state index contributed by atoms with van der Waals surface area (Å²) in [6, 6.07) is 19.3. The molecular formula is C18H18N2O. The Bertz CT molecular complexity index is 744. The number of hydrazine groups is 1. The van der Waals surface area contributed by atoms with E-state index in [0.29, 0.717) is 6.04 Å². The SMILES string of the molecule is Cc1ccccc1C1CC(c2cc3ccccc3o2)NN1. The van der Waals surface area contributed by atoms with Crippen molar-refractivity contribution in [3.05, 3.63) is 71.5 Å². The molecule has 3 heteroatoms. The van der Waals surface area contributed by atoms with E-state index < -0.39 is 0 Å². The van der Waals surface area contributed by atoms with Gasteiger partial charge in [-0.2, -0.15) is 0 Å². The molecule has 0 bridgehead atoms. The van der Waals surface area contributed by atoms with Gasteiger partial charge in [-0.1, -0.05) is 42.5 Å². The number of benzene rings is 2. The highest BCUT2D eigenvalue weighted by Crippen LogP contribution is 2.34. The van der Waals surface area contributed by atoms with E-state index in [-0.39, 0.29) is 6.04 Å². The minimum absolute atomic E-state index is 0.210. The van der Waals surface area contributed by atoms with Gasteiger partial charge in [-0.25, -0.2) is 10.9 Å². The third-order valence-electron chi connectivity index (χ3n) is 4.26. The Kier molecular flexibility index (Phi) is 3.02. The summed E-state index contributed by atoms with van der Waals surface area (Å²) in [6.45, 7) is 2.16. The van der Waals surface area contributed by atoms with Gasteiger partial charge in [0.2, 0.25) is 0 Å². The summed E-state index contributed by atoms with van der Waals surface area (Å²) in [6.07, 6.45) is 0.991. The molecule has 1 aliphatic heterocycles. The number of nitrogens with one attached hydrogen (secondary N) is 2. The molecule has 3 aromatic rings. The van der Waals surface area contributed by atoms with Crippen LogP contribution in [0.2, 0.25) is 0 Å². The molecule has 4 rings (SSSR count). The Morgan fingerprint density at radius 2 is 1.71 bits per heavy atom. The lowest BCUT2D eigenvalue weighted by Gasteiger charge is -2.12. The normalized spacial score (nSPS) is 22.0. The fourth-order valence-electron chi connectivity index (χ4n) is 3.10. The summed E-state index contributed by atoms with van der Waals surface area (Å²) in [5.74, 6) is 1.000. The van der Waals surface area contributed by atoms with Crippen molar-refractivity contribution in [3.8, 4) is 0 Å². The van der Waals surface area contributed by atoms with Crippen molar-refractivity contribution in [2.45, 2.75) is 25.4 Å². The summed E-state index contributed by atoms with van der Waals surface area (Å²) >= 11 is 0. The van der Waals surface area contributed by atoms with Gasteiger partial charge in [0.05, 0.1) is 6.04 Å². The standard InChI is InChI=1S/C18H18N2O/c1-12-6-2-4-8-14(12)15-11-16(20-19-15)18-10-13-7-3-5-9-17(13)21-18/h2-10,15-16,19-20H,11H2,1H3. The molecule has 0 amide bonds. The lowest BCUT2D eigenvalue weighted by Crippen LogP contribution is -2.26. The average molecular weight is 278 g/mol. The molecule has 0 aliphatic carbocycles. The fraction of sp³-hybridized carbons (Fsp3) is 0.222. The van der Waals surface area contributed by atoms with E-state index in [1.165, 1.54) is 11.1 Å². The predicted octanol–water partition coefficient (Wildman–Crippen LogP) is 4.02. The summed E-state index contributed by atoms with van der Waals surface area (Å²) in [4.78, 5) is 0. The second-order valence-corrected chi connectivity index (χ2v) is 5.67. The van der Waals surface area contributed by atoms with Gasteiger partial charge in [0.1, 0.15) is 11.3 Å². The second-order valence-electron chi connectivity index (χ2n) is 5.67. The van der Waals surface area contributed by atoms with Crippen molar-refractivity contribution in [1.29, 1.82) is 0 Å². The molecule has 106 valence electrons. The Hall–Kier alpha value is -2.10. The Balaban J connectivity index is 1.60. The highest BCUT2D eigenvalue weighted by atomic mass is 16.3. The maximum atomic E-state index is 5.96. The zero-order valence-electron chi connectivity index (χ0n) is 12.0. The summed E-state index contributed by atoms with van der Waals surface area (Å²) in [5, 5.41) is 1.16. The fourth-order valence-corrected chi connectivity index (χ4v) is 3.10. The Morgan fingerprint density at radius 1 is 0.952 bits per heavy atom. The van der Waals surface area contributed by atoms with Crippen LogP contribution in [-0.4, -0.2) is 0 Å². The topological polar surface area (TPSA) is 37.2 Å². The van der Waals surface area contributed by atoms with E-state index in [1.54, 1.807) is 0 Å². The quantitative estimate of drug-likeness (QED) is 0.743. The monoisotopic (exact) mass is 278 g/mol. The second kappa shape index (κ2) is 5.02. The molecule has 0 radical (unpaired) electrons. The number of aryl methyl sites for hydroxylation is 1. The molecular weight excluding hydrogens is 260 g/mol. The van der Waals surface area contributed by atoms with E-state index >= 15 is 0 Å². The number of furan rings is 1. The number of para-hydroxylation sites is 1. The van der Waals surface area contributed by atoms with Gasteiger partial charge in [-0.05, 0) is 36.6 Å². The van der Waals surface area contributed by atoms with Crippen LogP contribution in [0.3, 0.4) is 0 Å². The number of fused-ring (bicyclic) bond motifs is 1. The highest BCUT2D eigenvalue weighted by molar-refractivity contribution is 5.77. The molecule has 0 spiro atoms. The van der Waals surface area contributed by atoms with Crippen molar-refractivity contribution in [3.63, 3.8) is 0 Å². The first-order valence-corrected chi connectivity index (χ1v) is 7.36. The van der Waals surface area contributed by atoms with Crippen LogP contribution < -0.4 is 10.9 Å². The molecule has 2 heterocycles. The third-order valence-corrected chi connectivity index (χ3v) is 4.26. The Morgan fingerprint density at radius 3 is 2.57 bits per heavy atom.